The second-order valence-corrected chi connectivity index (χ2v) is 6.18. The van der Waals surface area contributed by atoms with Crippen LogP contribution in [-0.2, 0) is 6.61 Å². The topological polar surface area (TPSA) is 76.9 Å². The summed E-state index contributed by atoms with van der Waals surface area (Å²) in [4.78, 5) is 17.6. The number of aliphatic hydroxyl groups is 1. The van der Waals surface area contributed by atoms with Gasteiger partial charge in [-0.25, -0.2) is 15.0 Å². The Labute approximate surface area is 136 Å². The normalized spacial score (nSPS) is 28.0. The molecule has 2 N–H and O–H groups in total. The van der Waals surface area contributed by atoms with Crippen molar-refractivity contribution in [3.8, 4) is 0 Å². The van der Waals surface area contributed by atoms with Crippen molar-refractivity contribution in [2.75, 3.05) is 18.0 Å². The molecule has 0 aliphatic carbocycles. The van der Waals surface area contributed by atoms with Crippen LogP contribution in [0.25, 0.3) is 0 Å². The van der Waals surface area contributed by atoms with Crippen LogP contribution in [0.3, 0.4) is 0 Å². The largest absolute Gasteiger partial charge is 0.390 e. The van der Waals surface area contributed by atoms with Crippen molar-refractivity contribution in [3.05, 3.63) is 29.7 Å². The summed E-state index contributed by atoms with van der Waals surface area (Å²) in [5.41, 5.74) is 1.54. The zero-order valence-electron chi connectivity index (χ0n) is 13.8. The van der Waals surface area contributed by atoms with E-state index in [4.69, 9.17) is 0 Å². The summed E-state index contributed by atoms with van der Waals surface area (Å²) in [7, 11) is 0. The number of aryl methyl sites for hydroxylation is 1. The molecule has 3 rings (SSSR count). The van der Waals surface area contributed by atoms with Crippen LogP contribution < -0.4 is 10.2 Å². The fourth-order valence-electron chi connectivity index (χ4n) is 3.37. The van der Waals surface area contributed by atoms with Crippen LogP contribution >= 0.6 is 0 Å². The third-order valence-electron chi connectivity index (χ3n) is 4.27. The van der Waals surface area contributed by atoms with Gasteiger partial charge in [0.15, 0.2) is 6.34 Å². The average Bonchev–Trinajstić information content (AvgIpc) is 2.54. The molecule has 1 fully saturated rings. The first-order valence-corrected chi connectivity index (χ1v) is 7.93. The molecule has 2 aliphatic heterocycles. The van der Waals surface area contributed by atoms with E-state index in [0.29, 0.717) is 23.7 Å². The van der Waals surface area contributed by atoms with E-state index in [1.807, 2.05) is 19.1 Å². The van der Waals surface area contributed by atoms with Crippen LogP contribution in [0.1, 0.15) is 25.2 Å². The summed E-state index contributed by atoms with van der Waals surface area (Å²) < 4.78 is 0. The molecule has 0 bridgehead atoms. The maximum atomic E-state index is 9.35. The first-order chi connectivity index (χ1) is 11.1. The number of aliphatic imine (C=N–C) groups is 1. The zero-order chi connectivity index (χ0) is 16.4. The lowest BCUT2D eigenvalue weighted by molar-refractivity contribution is 0.0924. The Kier molecular flexibility index (Phi) is 4.58. The zero-order valence-corrected chi connectivity index (χ0v) is 13.8. The Balaban J connectivity index is 1.77. The van der Waals surface area contributed by atoms with Crippen molar-refractivity contribution >= 4 is 12.3 Å². The highest BCUT2D eigenvalue weighted by Crippen LogP contribution is 2.22. The number of aliphatic hydroxyl groups excluding tert-OH is 1. The molecule has 0 spiro atoms. The van der Waals surface area contributed by atoms with E-state index in [9.17, 15) is 5.11 Å². The van der Waals surface area contributed by atoms with E-state index in [1.165, 1.54) is 0 Å². The maximum Gasteiger partial charge on any atom is 0.225 e. The van der Waals surface area contributed by atoms with Gasteiger partial charge in [0.25, 0.3) is 0 Å². The third kappa shape index (κ3) is 3.35. The van der Waals surface area contributed by atoms with Gasteiger partial charge in [-0.2, -0.15) is 0 Å². The number of hydrogen-bond donors (Lipinski definition) is 2. The second-order valence-electron chi connectivity index (χ2n) is 6.18. The molecule has 0 aromatic carbocycles. The van der Waals surface area contributed by atoms with Crippen molar-refractivity contribution in [1.82, 2.24) is 20.2 Å². The van der Waals surface area contributed by atoms with Gasteiger partial charge in [-0.15, -0.1) is 0 Å². The number of aromatic nitrogens is 2. The third-order valence-corrected chi connectivity index (χ3v) is 4.27. The SMILES string of the molecule is Cc1cc(CO)nc(N2C[C@@H](C)N(C3C=CN=[C]N3)[C@@H](C)C2)n1. The van der Waals surface area contributed by atoms with Gasteiger partial charge in [0.2, 0.25) is 5.95 Å². The Morgan fingerprint density at radius 3 is 2.65 bits per heavy atom. The highest BCUT2D eigenvalue weighted by Gasteiger charge is 2.34. The van der Waals surface area contributed by atoms with Gasteiger partial charge < -0.3 is 15.3 Å². The van der Waals surface area contributed by atoms with E-state index in [1.54, 1.807) is 6.20 Å². The molecule has 1 aromatic heterocycles. The van der Waals surface area contributed by atoms with Gasteiger partial charge in [-0.1, -0.05) is 0 Å². The van der Waals surface area contributed by atoms with Crippen molar-refractivity contribution < 1.29 is 5.11 Å². The quantitative estimate of drug-likeness (QED) is 0.847. The highest BCUT2D eigenvalue weighted by molar-refractivity contribution is 5.57. The predicted octanol–water partition coefficient (Wildman–Crippen LogP) is 0.525. The second kappa shape index (κ2) is 6.64. The standard InChI is InChI=1S/C16H23N6O/c1-11-6-14(9-23)20-16(19-11)21-7-12(2)22(13(3)8-21)15-4-5-17-10-18-15/h4-6,12-13,15,23H,7-9H2,1-3H3,(H,17,18)/t12-,13+,15?. The lowest BCUT2D eigenvalue weighted by atomic mass is 10.1. The van der Waals surface area contributed by atoms with Gasteiger partial charge in [0, 0.05) is 37.1 Å². The molecule has 1 aromatic rings. The molecule has 1 radical (unpaired) electrons. The first kappa shape index (κ1) is 15.9. The van der Waals surface area contributed by atoms with Crippen LogP contribution in [0.2, 0.25) is 0 Å². The minimum Gasteiger partial charge on any atom is -0.390 e. The van der Waals surface area contributed by atoms with E-state index in [0.717, 1.165) is 18.8 Å². The van der Waals surface area contributed by atoms with Crippen LogP contribution in [0.5, 0.6) is 0 Å². The minimum absolute atomic E-state index is 0.0621. The molecule has 7 nitrogen and oxygen atoms in total. The molecule has 23 heavy (non-hydrogen) atoms. The molecule has 3 atom stereocenters. The van der Waals surface area contributed by atoms with Crippen LogP contribution in [0, 0.1) is 6.92 Å². The molecule has 2 aliphatic rings. The van der Waals surface area contributed by atoms with Crippen LogP contribution in [-0.4, -0.2) is 57.7 Å². The molecule has 1 saturated heterocycles. The number of rotatable bonds is 3. The summed E-state index contributed by atoms with van der Waals surface area (Å²) in [6.07, 6.45) is 6.77. The Morgan fingerprint density at radius 2 is 2.04 bits per heavy atom. The van der Waals surface area contributed by atoms with Gasteiger partial charge in [0.05, 0.1) is 12.3 Å². The summed E-state index contributed by atoms with van der Waals surface area (Å²) in [5.74, 6) is 0.702. The van der Waals surface area contributed by atoms with E-state index in [-0.39, 0.29) is 12.8 Å². The van der Waals surface area contributed by atoms with E-state index < -0.39 is 0 Å². The van der Waals surface area contributed by atoms with Crippen molar-refractivity contribution in [1.29, 1.82) is 0 Å². The predicted molar refractivity (Wildman–Crippen MR) is 89.2 cm³/mol. The monoisotopic (exact) mass is 315 g/mol. The fraction of sp³-hybridized carbons (Fsp3) is 0.562. The number of piperazine rings is 1. The Morgan fingerprint density at radius 1 is 1.30 bits per heavy atom. The van der Waals surface area contributed by atoms with Crippen molar-refractivity contribution in [3.63, 3.8) is 0 Å². The summed E-state index contributed by atoms with van der Waals surface area (Å²) in [5, 5.41) is 12.5. The summed E-state index contributed by atoms with van der Waals surface area (Å²) in [6, 6.07) is 2.46. The average molecular weight is 315 g/mol. The van der Waals surface area contributed by atoms with E-state index >= 15 is 0 Å². The minimum atomic E-state index is -0.0621. The maximum absolute atomic E-state index is 9.35. The first-order valence-electron chi connectivity index (χ1n) is 7.93. The Hall–Kier alpha value is -1.99. The van der Waals surface area contributed by atoms with Crippen LogP contribution in [0.15, 0.2) is 23.3 Å². The van der Waals surface area contributed by atoms with Crippen molar-refractivity contribution in [2.24, 2.45) is 4.99 Å². The number of nitrogens with one attached hydrogen (secondary N) is 1. The molecule has 3 heterocycles. The molecular weight excluding hydrogens is 292 g/mol. The Bertz CT molecular complexity index is 605. The molecule has 1 unspecified atom stereocenters. The van der Waals surface area contributed by atoms with Crippen LogP contribution in [0.4, 0.5) is 5.95 Å². The summed E-state index contributed by atoms with van der Waals surface area (Å²) >= 11 is 0. The lowest BCUT2D eigenvalue weighted by Gasteiger charge is -2.47. The lowest BCUT2D eigenvalue weighted by Crippen LogP contribution is -2.63. The summed E-state index contributed by atoms with van der Waals surface area (Å²) in [6.45, 7) is 7.94. The number of hydrogen-bond acceptors (Lipinski definition) is 7. The van der Waals surface area contributed by atoms with E-state index in [2.05, 4.69) is 50.3 Å². The smallest absolute Gasteiger partial charge is 0.225 e. The number of nitrogens with zero attached hydrogens (tertiary/aromatic N) is 5. The molecule has 7 heteroatoms. The van der Waals surface area contributed by atoms with Gasteiger partial charge >= 0.3 is 0 Å². The highest BCUT2D eigenvalue weighted by atomic mass is 16.3. The van der Waals surface area contributed by atoms with Gasteiger partial charge in [-0.3, -0.25) is 4.90 Å². The number of anilines is 1. The fourth-order valence-corrected chi connectivity index (χ4v) is 3.37. The molecule has 0 amide bonds. The van der Waals surface area contributed by atoms with Crippen molar-refractivity contribution in [2.45, 2.75) is 45.6 Å². The molecule has 0 saturated carbocycles. The molecular formula is C16H23N6O. The molecule has 123 valence electrons. The van der Waals surface area contributed by atoms with Gasteiger partial charge in [-0.05, 0) is 32.9 Å². The van der Waals surface area contributed by atoms with Gasteiger partial charge in [0.1, 0.15) is 6.17 Å².